The van der Waals surface area contributed by atoms with Crippen molar-refractivity contribution in [3.8, 4) is 17.0 Å². The average Bonchev–Trinajstić information content (AvgIpc) is 2.91. The van der Waals surface area contributed by atoms with Crippen molar-refractivity contribution in [3.05, 3.63) is 72.6 Å². The molecule has 0 aliphatic carbocycles. The second kappa shape index (κ2) is 6.45. The molecule has 0 spiro atoms. The monoisotopic (exact) mass is 309 g/mol. The fraction of sp³-hybridized carbons (Fsp3) is 0.0556. The molecule has 1 aromatic heterocycles. The number of nitrogens with zero attached hydrogens (tertiary/aromatic N) is 1. The lowest BCUT2D eigenvalue weighted by molar-refractivity contribution is -0.657. The minimum absolute atomic E-state index is 0.250. The van der Waals surface area contributed by atoms with Crippen molar-refractivity contribution in [1.82, 2.24) is 0 Å². The summed E-state index contributed by atoms with van der Waals surface area (Å²) in [6.45, 7) is 4.57. The third kappa shape index (κ3) is 3.02. The molecule has 2 N–H and O–H groups in total. The summed E-state index contributed by atoms with van der Waals surface area (Å²) < 4.78 is 2.18. The van der Waals surface area contributed by atoms with Gasteiger partial charge in [-0.25, -0.2) is 9.88 Å². The maximum Gasteiger partial charge on any atom is 0.339 e. The minimum Gasteiger partial charge on any atom is -0.508 e. The maximum atomic E-state index is 9.59. The van der Waals surface area contributed by atoms with Gasteiger partial charge in [-0.1, -0.05) is 60.4 Å². The minimum atomic E-state index is 0.250. The highest BCUT2D eigenvalue weighted by Gasteiger charge is 2.18. The summed E-state index contributed by atoms with van der Waals surface area (Å²) in [7, 11) is 0. The molecule has 0 bridgehead atoms. The number of thiazole rings is 1. The van der Waals surface area contributed by atoms with Gasteiger partial charge >= 0.3 is 5.13 Å². The average molecular weight is 309 g/mol. The molecular formula is C18H17N2OS+. The standard InChI is InChI=1S/C18H16N2OS/c1-2-11-20-17(14-7-4-3-5-8-14)13-22-18(20)19-15-9-6-10-16(21)12-15/h2-10,12-13,21H,1,11H2/p+1. The van der Waals surface area contributed by atoms with Gasteiger partial charge in [-0.3, -0.25) is 0 Å². The van der Waals surface area contributed by atoms with E-state index in [4.69, 9.17) is 0 Å². The summed E-state index contributed by atoms with van der Waals surface area (Å²) in [6.07, 6.45) is 1.88. The molecule has 22 heavy (non-hydrogen) atoms. The number of rotatable bonds is 5. The topological polar surface area (TPSA) is 36.1 Å². The van der Waals surface area contributed by atoms with Crippen LogP contribution < -0.4 is 9.88 Å². The molecule has 0 saturated carbocycles. The van der Waals surface area contributed by atoms with Crippen molar-refractivity contribution < 1.29 is 9.67 Å². The zero-order valence-electron chi connectivity index (χ0n) is 12.1. The normalized spacial score (nSPS) is 10.4. The molecule has 0 amide bonds. The van der Waals surface area contributed by atoms with Gasteiger partial charge in [-0.15, -0.1) is 0 Å². The highest BCUT2D eigenvalue weighted by Crippen LogP contribution is 2.26. The van der Waals surface area contributed by atoms with E-state index in [0.29, 0.717) is 0 Å². The Kier molecular flexibility index (Phi) is 4.21. The predicted molar refractivity (Wildman–Crippen MR) is 91.5 cm³/mol. The molecule has 2 aromatic carbocycles. The largest absolute Gasteiger partial charge is 0.508 e. The van der Waals surface area contributed by atoms with Gasteiger partial charge < -0.3 is 5.11 Å². The second-order valence-corrected chi connectivity index (χ2v) is 5.72. The number of benzene rings is 2. The molecule has 0 saturated heterocycles. The van der Waals surface area contributed by atoms with Gasteiger partial charge in [0.25, 0.3) is 0 Å². The third-order valence-corrected chi connectivity index (χ3v) is 4.18. The first-order valence-electron chi connectivity index (χ1n) is 7.01. The number of hydrogen-bond acceptors (Lipinski definition) is 3. The molecule has 0 aliphatic rings. The first-order chi connectivity index (χ1) is 10.8. The molecule has 0 fully saturated rings. The zero-order chi connectivity index (χ0) is 15.4. The number of anilines is 2. The van der Waals surface area contributed by atoms with Crippen LogP contribution in [-0.2, 0) is 6.54 Å². The van der Waals surface area contributed by atoms with Gasteiger partial charge in [0.2, 0.25) is 0 Å². The number of nitrogens with one attached hydrogen (secondary N) is 1. The van der Waals surface area contributed by atoms with Crippen LogP contribution in [-0.4, -0.2) is 5.11 Å². The van der Waals surface area contributed by atoms with Crippen LogP contribution in [0.1, 0.15) is 0 Å². The molecule has 0 aliphatic heterocycles. The van der Waals surface area contributed by atoms with Gasteiger partial charge in [0.05, 0.1) is 0 Å². The second-order valence-electron chi connectivity index (χ2n) is 4.87. The number of allylic oxidation sites excluding steroid dienone is 1. The van der Waals surface area contributed by atoms with E-state index in [1.54, 1.807) is 23.5 Å². The number of phenols is 1. The van der Waals surface area contributed by atoms with E-state index in [9.17, 15) is 5.11 Å². The van der Waals surface area contributed by atoms with Crippen molar-refractivity contribution in [2.75, 3.05) is 5.32 Å². The quantitative estimate of drug-likeness (QED) is 0.543. The van der Waals surface area contributed by atoms with E-state index < -0.39 is 0 Å². The lowest BCUT2D eigenvalue weighted by atomic mass is 10.2. The first kappa shape index (κ1) is 14.4. The Balaban J connectivity index is 1.98. The van der Waals surface area contributed by atoms with Gasteiger partial charge in [-0.05, 0) is 12.1 Å². The molecule has 4 heteroatoms. The number of phenolic OH excluding ortho intramolecular Hbond substituents is 1. The van der Waals surface area contributed by atoms with Gasteiger partial charge in [0.1, 0.15) is 23.7 Å². The molecular weight excluding hydrogens is 292 g/mol. The predicted octanol–water partition coefficient (Wildman–Crippen LogP) is 4.34. The molecule has 0 unspecified atom stereocenters. The summed E-state index contributed by atoms with van der Waals surface area (Å²) in [6, 6.07) is 17.4. The lowest BCUT2D eigenvalue weighted by Gasteiger charge is -2.04. The highest BCUT2D eigenvalue weighted by molar-refractivity contribution is 7.13. The van der Waals surface area contributed by atoms with Crippen LogP contribution in [0.15, 0.2) is 72.6 Å². The summed E-state index contributed by atoms with van der Waals surface area (Å²) >= 11 is 1.63. The van der Waals surface area contributed by atoms with Crippen LogP contribution in [0, 0.1) is 0 Å². The van der Waals surface area contributed by atoms with Crippen LogP contribution in [0.2, 0.25) is 0 Å². The summed E-state index contributed by atoms with van der Waals surface area (Å²) in [5, 5.41) is 16.1. The molecule has 1 heterocycles. The smallest absolute Gasteiger partial charge is 0.339 e. The van der Waals surface area contributed by atoms with E-state index in [1.165, 1.54) is 5.56 Å². The number of hydrogen-bond donors (Lipinski definition) is 2. The van der Waals surface area contributed by atoms with Gasteiger partial charge in [-0.2, -0.15) is 0 Å². The fourth-order valence-corrected chi connectivity index (χ4v) is 3.26. The molecule has 3 aromatic rings. The molecule has 3 rings (SSSR count). The third-order valence-electron chi connectivity index (χ3n) is 3.30. The Labute approximate surface area is 133 Å². The highest BCUT2D eigenvalue weighted by atomic mass is 32.1. The van der Waals surface area contributed by atoms with E-state index in [1.807, 2.05) is 36.4 Å². The van der Waals surface area contributed by atoms with Crippen molar-refractivity contribution in [3.63, 3.8) is 0 Å². The van der Waals surface area contributed by atoms with E-state index >= 15 is 0 Å². The zero-order valence-corrected chi connectivity index (χ0v) is 12.9. The summed E-state index contributed by atoms with van der Waals surface area (Å²) in [5.41, 5.74) is 3.18. The SMILES string of the molecule is C=CC[n+]1c(-c2ccccc2)csc1Nc1cccc(O)c1. The van der Waals surface area contributed by atoms with Crippen LogP contribution >= 0.6 is 11.3 Å². The van der Waals surface area contributed by atoms with Crippen molar-refractivity contribution in [1.29, 1.82) is 0 Å². The molecule has 0 atom stereocenters. The van der Waals surface area contributed by atoms with Crippen LogP contribution in [0.3, 0.4) is 0 Å². The van der Waals surface area contributed by atoms with E-state index in [-0.39, 0.29) is 5.75 Å². The van der Waals surface area contributed by atoms with Crippen molar-refractivity contribution >= 4 is 22.2 Å². The maximum absolute atomic E-state index is 9.59. The Bertz CT molecular complexity index is 781. The van der Waals surface area contributed by atoms with E-state index in [0.717, 1.165) is 23.1 Å². The Hall–Kier alpha value is -2.59. The Morgan fingerprint density at radius 2 is 1.95 bits per heavy atom. The van der Waals surface area contributed by atoms with Crippen molar-refractivity contribution in [2.24, 2.45) is 0 Å². The molecule has 0 radical (unpaired) electrons. The molecule has 3 nitrogen and oxygen atoms in total. The van der Waals surface area contributed by atoms with Gasteiger partial charge in [0, 0.05) is 17.0 Å². The van der Waals surface area contributed by atoms with Crippen LogP contribution in [0.5, 0.6) is 5.75 Å². The summed E-state index contributed by atoms with van der Waals surface area (Å²) in [4.78, 5) is 0. The Morgan fingerprint density at radius 3 is 2.68 bits per heavy atom. The number of aromatic hydroxyl groups is 1. The van der Waals surface area contributed by atoms with Crippen LogP contribution in [0.4, 0.5) is 10.8 Å². The van der Waals surface area contributed by atoms with E-state index in [2.05, 4.69) is 34.0 Å². The van der Waals surface area contributed by atoms with Gasteiger partial charge in [0.15, 0.2) is 0 Å². The fourth-order valence-electron chi connectivity index (χ4n) is 2.30. The van der Waals surface area contributed by atoms with Crippen LogP contribution in [0.25, 0.3) is 11.3 Å². The lowest BCUT2D eigenvalue weighted by Crippen LogP contribution is -2.35. The van der Waals surface area contributed by atoms with Crippen molar-refractivity contribution in [2.45, 2.75) is 6.54 Å². The first-order valence-corrected chi connectivity index (χ1v) is 7.89. The Morgan fingerprint density at radius 1 is 1.14 bits per heavy atom. The number of aromatic nitrogens is 1. The summed E-state index contributed by atoms with van der Waals surface area (Å²) in [5.74, 6) is 0.250. The molecule has 110 valence electrons.